The molecule has 2 atom stereocenters. The van der Waals surface area contributed by atoms with Crippen molar-refractivity contribution in [1.29, 1.82) is 0 Å². The summed E-state index contributed by atoms with van der Waals surface area (Å²) in [5.74, 6) is 0.952. The SMILES string of the molecule is CCOC(=O)C1=C(C)N=c2s/c(=C\c3ccccc3O[C@@H](C)CC)c(=O)n2[C@H]1c1ccc(OCC)cc1. The van der Waals surface area contributed by atoms with Gasteiger partial charge in [0.1, 0.15) is 11.5 Å². The Morgan fingerprint density at radius 3 is 2.51 bits per heavy atom. The zero-order valence-corrected chi connectivity index (χ0v) is 22.6. The molecular formula is C29H32N2O5S. The molecule has 2 heterocycles. The highest BCUT2D eigenvalue weighted by Crippen LogP contribution is 2.31. The van der Waals surface area contributed by atoms with Gasteiger partial charge in [0.25, 0.3) is 5.56 Å². The first-order valence-electron chi connectivity index (χ1n) is 12.6. The predicted octanol–water partition coefficient (Wildman–Crippen LogP) is 4.37. The van der Waals surface area contributed by atoms with Gasteiger partial charge in [-0.2, -0.15) is 0 Å². The second kappa shape index (κ2) is 11.6. The van der Waals surface area contributed by atoms with Crippen LogP contribution in [0.25, 0.3) is 6.08 Å². The number of aromatic nitrogens is 1. The van der Waals surface area contributed by atoms with Crippen LogP contribution in [0.5, 0.6) is 11.5 Å². The van der Waals surface area contributed by atoms with E-state index in [1.807, 2.05) is 68.5 Å². The number of hydrogen-bond donors (Lipinski definition) is 0. The van der Waals surface area contributed by atoms with Gasteiger partial charge in [0.2, 0.25) is 0 Å². The standard InChI is InChI=1S/C29H32N2O5S/c1-6-18(4)36-23-12-10-9-11-21(23)17-24-27(32)31-26(20-13-15-22(16-14-20)34-7-2)25(28(33)35-8-3)19(5)30-29(31)37-24/h9-18,26H,6-8H2,1-5H3/b24-17-/t18-,26-/m0/s1. The van der Waals surface area contributed by atoms with Crippen molar-refractivity contribution < 1.29 is 19.0 Å². The van der Waals surface area contributed by atoms with Crippen LogP contribution in [0.1, 0.15) is 58.2 Å². The van der Waals surface area contributed by atoms with Crippen molar-refractivity contribution in [3.05, 3.63) is 90.6 Å². The average molecular weight is 521 g/mol. The van der Waals surface area contributed by atoms with Crippen LogP contribution in [0, 0.1) is 0 Å². The summed E-state index contributed by atoms with van der Waals surface area (Å²) in [6.45, 7) is 10.3. The third-order valence-corrected chi connectivity index (χ3v) is 7.12. The van der Waals surface area contributed by atoms with Gasteiger partial charge in [0.05, 0.1) is 41.2 Å². The van der Waals surface area contributed by atoms with Crippen LogP contribution in [0.4, 0.5) is 0 Å². The monoisotopic (exact) mass is 520 g/mol. The van der Waals surface area contributed by atoms with Gasteiger partial charge in [0, 0.05) is 5.56 Å². The van der Waals surface area contributed by atoms with Crippen LogP contribution >= 0.6 is 11.3 Å². The first-order chi connectivity index (χ1) is 17.9. The van der Waals surface area contributed by atoms with E-state index < -0.39 is 12.0 Å². The number of hydrogen-bond acceptors (Lipinski definition) is 7. The van der Waals surface area contributed by atoms with Crippen molar-refractivity contribution >= 4 is 23.4 Å². The fraction of sp³-hybridized carbons (Fsp3) is 0.345. The molecule has 0 radical (unpaired) electrons. The Morgan fingerprint density at radius 1 is 1.11 bits per heavy atom. The van der Waals surface area contributed by atoms with Crippen molar-refractivity contribution in [3.63, 3.8) is 0 Å². The van der Waals surface area contributed by atoms with Crippen molar-refractivity contribution in [2.45, 2.75) is 53.2 Å². The molecule has 0 unspecified atom stereocenters. The molecule has 0 saturated carbocycles. The molecule has 0 fully saturated rings. The number of thiazole rings is 1. The van der Waals surface area contributed by atoms with Gasteiger partial charge >= 0.3 is 5.97 Å². The molecule has 0 spiro atoms. The highest BCUT2D eigenvalue weighted by Gasteiger charge is 2.33. The minimum absolute atomic E-state index is 0.0465. The quantitative estimate of drug-likeness (QED) is 0.392. The second-order valence-corrected chi connectivity index (χ2v) is 9.69. The zero-order chi connectivity index (χ0) is 26.5. The number of benzene rings is 2. The van der Waals surface area contributed by atoms with Gasteiger partial charge in [0.15, 0.2) is 4.80 Å². The molecule has 7 nitrogen and oxygen atoms in total. The molecule has 0 bridgehead atoms. The summed E-state index contributed by atoms with van der Waals surface area (Å²) in [5, 5.41) is 0. The Morgan fingerprint density at radius 2 is 1.84 bits per heavy atom. The van der Waals surface area contributed by atoms with Crippen molar-refractivity contribution in [2.75, 3.05) is 13.2 Å². The number of para-hydroxylation sites is 1. The molecule has 0 saturated heterocycles. The van der Waals surface area contributed by atoms with Crippen molar-refractivity contribution in [3.8, 4) is 11.5 Å². The minimum Gasteiger partial charge on any atom is -0.494 e. The fourth-order valence-electron chi connectivity index (χ4n) is 4.17. The number of rotatable bonds is 9. The van der Waals surface area contributed by atoms with Gasteiger partial charge in [-0.1, -0.05) is 48.6 Å². The lowest BCUT2D eigenvalue weighted by molar-refractivity contribution is -0.139. The normalized spacial score (nSPS) is 16.1. The van der Waals surface area contributed by atoms with Crippen LogP contribution in [0.3, 0.4) is 0 Å². The summed E-state index contributed by atoms with van der Waals surface area (Å²) in [4.78, 5) is 32.1. The maximum Gasteiger partial charge on any atom is 0.338 e. The van der Waals surface area contributed by atoms with Crippen LogP contribution in [-0.2, 0) is 9.53 Å². The average Bonchev–Trinajstić information content (AvgIpc) is 3.19. The smallest absolute Gasteiger partial charge is 0.338 e. The Balaban J connectivity index is 1.89. The Labute approximate surface area is 220 Å². The number of fused-ring (bicyclic) bond motifs is 1. The lowest BCUT2D eigenvalue weighted by atomic mass is 9.96. The molecule has 0 amide bonds. The number of allylic oxidation sites excluding steroid dienone is 1. The number of nitrogens with zero attached hydrogens (tertiary/aromatic N) is 2. The highest BCUT2D eigenvalue weighted by atomic mass is 32.1. The summed E-state index contributed by atoms with van der Waals surface area (Å²) in [5.41, 5.74) is 2.24. The van der Waals surface area contributed by atoms with Crippen LogP contribution in [-0.4, -0.2) is 29.9 Å². The van der Waals surface area contributed by atoms with Gasteiger partial charge in [-0.3, -0.25) is 9.36 Å². The number of esters is 1. The molecule has 0 aliphatic carbocycles. The van der Waals surface area contributed by atoms with Crippen molar-refractivity contribution in [1.82, 2.24) is 4.57 Å². The summed E-state index contributed by atoms with van der Waals surface area (Å²) in [6.07, 6.45) is 2.75. The lowest BCUT2D eigenvalue weighted by Gasteiger charge is -2.24. The topological polar surface area (TPSA) is 79.1 Å². The van der Waals surface area contributed by atoms with E-state index in [0.717, 1.165) is 23.3 Å². The van der Waals surface area contributed by atoms with Crippen molar-refractivity contribution in [2.24, 2.45) is 4.99 Å². The molecule has 8 heteroatoms. The highest BCUT2D eigenvalue weighted by molar-refractivity contribution is 7.07. The molecule has 1 aliphatic rings. The third-order valence-electron chi connectivity index (χ3n) is 6.13. The number of ether oxygens (including phenoxy) is 3. The van der Waals surface area contributed by atoms with Gasteiger partial charge in [-0.15, -0.1) is 0 Å². The summed E-state index contributed by atoms with van der Waals surface area (Å²) in [6, 6.07) is 14.4. The lowest BCUT2D eigenvalue weighted by Crippen LogP contribution is -2.39. The predicted molar refractivity (Wildman–Crippen MR) is 145 cm³/mol. The Hall–Kier alpha value is -3.65. The van der Waals surface area contributed by atoms with E-state index in [0.29, 0.717) is 33.0 Å². The molecular weight excluding hydrogens is 488 g/mol. The maximum atomic E-state index is 13.8. The number of carbonyl (C=O) groups excluding carboxylic acids is 1. The first kappa shape index (κ1) is 26.4. The third kappa shape index (κ3) is 5.54. The minimum atomic E-state index is -0.667. The van der Waals surface area contributed by atoms with Gasteiger partial charge < -0.3 is 14.2 Å². The molecule has 0 N–H and O–H groups in total. The summed E-state index contributed by atoms with van der Waals surface area (Å²) >= 11 is 1.29. The van der Waals surface area contributed by atoms with E-state index in [1.165, 1.54) is 11.3 Å². The molecule has 194 valence electrons. The molecule has 4 rings (SSSR count). The van der Waals surface area contributed by atoms with Gasteiger partial charge in [-0.25, -0.2) is 9.79 Å². The van der Waals surface area contributed by atoms with Crippen LogP contribution < -0.4 is 24.4 Å². The van der Waals surface area contributed by atoms with Crippen LogP contribution in [0.15, 0.2) is 69.6 Å². The largest absolute Gasteiger partial charge is 0.494 e. The van der Waals surface area contributed by atoms with E-state index in [4.69, 9.17) is 14.2 Å². The zero-order valence-electron chi connectivity index (χ0n) is 21.8. The maximum absolute atomic E-state index is 13.8. The molecule has 2 aromatic carbocycles. The van der Waals surface area contributed by atoms with E-state index >= 15 is 0 Å². The van der Waals surface area contributed by atoms with E-state index in [2.05, 4.69) is 11.9 Å². The van der Waals surface area contributed by atoms with E-state index in [-0.39, 0.29) is 18.3 Å². The van der Waals surface area contributed by atoms with E-state index in [9.17, 15) is 9.59 Å². The Kier molecular flexibility index (Phi) is 8.28. The second-order valence-electron chi connectivity index (χ2n) is 8.68. The molecule has 1 aliphatic heterocycles. The molecule has 37 heavy (non-hydrogen) atoms. The van der Waals surface area contributed by atoms with Crippen LogP contribution in [0.2, 0.25) is 0 Å². The molecule has 3 aromatic rings. The fourth-order valence-corrected chi connectivity index (χ4v) is 5.21. The van der Waals surface area contributed by atoms with E-state index in [1.54, 1.807) is 18.4 Å². The molecule has 1 aromatic heterocycles. The summed E-state index contributed by atoms with van der Waals surface area (Å²) in [7, 11) is 0. The summed E-state index contributed by atoms with van der Waals surface area (Å²) < 4.78 is 19.1. The first-order valence-corrected chi connectivity index (χ1v) is 13.4. The Bertz CT molecular complexity index is 1480. The number of carbonyl (C=O) groups is 1. The van der Waals surface area contributed by atoms with Gasteiger partial charge in [-0.05, 0) is 64.0 Å².